The van der Waals surface area contributed by atoms with E-state index in [9.17, 15) is 0 Å². The molecule has 39 heavy (non-hydrogen) atoms. The number of hydrogen-bond donors (Lipinski definition) is 0. The van der Waals surface area contributed by atoms with Gasteiger partial charge in [-0.2, -0.15) is 0 Å². The van der Waals surface area contributed by atoms with E-state index in [0.29, 0.717) is 0 Å². The van der Waals surface area contributed by atoms with E-state index in [4.69, 9.17) is 4.74 Å². The highest BCUT2D eigenvalue weighted by atomic mass is 32.2. The molecule has 0 saturated heterocycles. The van der Waals surface area contributed by atoms with Crippen LogP contribution in [-0.2, 0) is 0 Å². The van der Waals surface area contributed by atoms with Crippen molar-refractivity contribution in [3.8, 4) is 44.9 Å². The second-order valence-corrected chi connectivity index (χ2v) is 10.8. The molecule has 0 aromatic heterocycles. The number of ether oxygens (including phenoxy) is 1. The summed E-state index contributed by atoms with van der Waals surface area (Å²) in [6.07, 6.45) is 0. The van der Waals surface area contributed by atoms with Gasteiger partial charge < -0.3 is 9.64 Å². The summed E-state index contributed by atoms with van der Waals surface area (Å²) in [7, 11) is 0. The molecule has 0 bridgehead atoms. The second-order valence-electron chi connectivity index (χ2n) is 9.78. The van der Waals surface area contributed by atoms with Gasteiger partial charge in [0, 0.05) is 17.1 Å². The summed E-state index contributed by atoms with van der Waals surface area (Å²) in [5, 5.41) is 0. The molecule has 6 aromatic rings. The highest BCUT2D eigenvalue weighted by molar-refractivity contribution is 7.99. The minimum Gasteiger partial charge on any atom is -0.455 e. The Morgan fingerprint density at radius 2 is 1.05 bits per heavy atom. The summed E-state index contributed by atoms with van der Waals surface area (Å²) in [4.78, 5) is 4.64. The molecule has 0 unspecified atom stereocenters. The molecule has 184 valence electrons. The maximum absolute atomic E-state index is 6.24. The standard InChI is InChI=1S/C36H23NOS/c1-2-9-25(10-3-1)37(27-21-22-31-29-11-4-5-12-30(29)32(31)23-27)26-19-17-24(18-20-26)28-13-8-15-34-36(28)39-35-16-7-6-14-33(35)38-34/h1-23H. The fourth-order valence-electron chi connectivity index (χ4n) is 5.61. The quantitative estimate of drug-likeness (QED) is 0.230. The van der Waals surface area contributed by atoms with Gasteiger partial charge in [0.05, 0.1) is 9.79 Å². The van der Waals surface area contributed by atoms with Crippen molar-refractivity contribution in [2.24, 2.45) is 0 Å². The number of benzene rings is 6. The predicted octanol–water partition coefficient (Wildman–Crippen LogP) is 10.7. The summed E-state index contributed by atoms with van der Waals surface area (Å²) in [5.74, 6) is 1.83. The number of anilines is 3. The van der Waals surface area contributed by atoms with Crippen LogP contribution in [0, 0.1) is 0 Å². The van der Waals surface area contributed by atoms with Crippen molar-refractivity contribution < 1.29 is 4.74 Å². The third-order valence-electron chi connectivity index (χ3n) is 7.48. The van der Waals surface area contributed by atoms with Crippen LogP contribution in [0.3, 0.4) is 0 Å². The zero-order valence-corrected chi connectivity index (χ0v) is 21.9. The molecule has 6 aromatic carbocycles. The summed E-state index contributed by atoms with van der Waals surface area (Å²) in [5.41, 5.74) is 11.1. The predicted molar refractivity (Wildman–Crippen MR) is 162 cm³/mol. The van der Waals surface area contributed by atoms with Crippen LogP contribution in [0.5, 0.6) is 11.5 Å². The number of nitrogens with zero attached hydrogens (tertiary/aromatic N) is 1. The minimum atomic E-state index is 0.911. The Morgan fingerprint density at radius 1 is 0.436 bits per heavy atom. The van der Waals surface area contributed by atoms with Gasteiger partial charge in [0.1, 0.15) is 11.5 Å². The Labute approximate surface area is 232 Å². The average molecular weight is 518 g/mol. The SMILES string of the molecule is c1ccc(N(c2ccc(-c3cccc4c3Sc3ccccc3O4)cc2)c2ccc3c(c2)-c2ccccc2-3)cc1. The minimum absolute atomic E-state index is 0.911. The summed E-state index contributed by atoms with van der Waals surface area (Å²) >= 11 is 1.78. The Bertz CT molecular complexity index is 1860. The van der Waals surface area contributed by atoms with E-state index < -0.39 is 0 Å². The van der Waals surface area contributed by atoms with E-state index in [0.717, 1.165) is 38.4 Å². The molecule has 0 N–H and O–H groups in total. The Kier molecular flexibility index (Phi) is 5.10. The topological polar surface area (TPSA) is 12.5 Å². The molecule has 0 amide bonds. The van der Waals surface area contributed by atoms with E-state index >= 15 is 0 Å². The lowest BCUT2D eigenvalue weighted by Crippen LogP contribution is -2.11. The third-order valence-corrected chi connectivity index (χ3v) is 8.66. The highest BCUT2D eigenvalue weighted by Gasteiger charge is 2.24. The molecular weight excluding hydrogens is 494 g/mol. The van der Waals surface area contributed by atoms with Crippen LogP contribution >= 0.6 is 11.8 Å². The number of para-hydroxylation sites is 2. The van der Waals surface area contributed by atoms with Gasteiger partial charge in [0.25, 0.3) is 0 Å². The molecule has 2 aliphatic rings. The van der Waals surface area contributed by atoms with Gasteiger partial charge in [0.2, 0.25) is 0 Å². The maximum atomic E-state index is 6.24. The smallest absolute Gasteiger partial charge is 0.142 e. The van der Waals surface area contributed by atoms with Gasteiger partial charge >= 0.3 is 0 Å². The van der Waals surface area contributed by atoms with Crippen LogP contribution in [0.25, 0.3) is 33.4 Å². The highest BCUT2D eigenvalue weighted by Crippen LogP contribution is 2.52. The summed E-state index contributed by atoms with van der Waals surface area (Å²) in [6, 6.07) is 49.5. The van der Waals surface area contributed by atoms with Crippen LogP contribution in [0.4, 0.5) is 17.1 Å². The van der Waals surface area contributed by atoms with E-state index in [-0.39, 0.29) is 0 Å². The van der Waals surface area contributed by atoms with Crippen LogP contribution in [0.2, 0.25) is 0 Å². The van der Waals surface area contributed by atoms with Crippen molar-refractivity contribution in [3.63, 3.8) is 0 Å². The van der Waals surface area contributed by atoms with Crippen LogP contribution in [-0.4, -0.2) is 0 Å². The largest absolute Gasteiger partial charge is 0.455 e. The van der Waals surface area contributed by atoms with Gasteiger partial charge in [-0.25, -0.2) is 0 Å². The zero-order valence-electron chi connectivity index (χ0n) is 21.0. The monoisotopic (exact) mass is 517 g/mol. The maximum Gasteiger partial charge on any atom is 0.142 e. The van der Waals surface area contributed by atoms with Gasteiger partial charge in [-0.3, -0.25) is 0 Å². The van der Waals surface area contributed by atoms with Crippen molar-refractivity contribution in [2.45, 2.75) is 9.79 Å². The van der Waals surface area contributed by atoms with Crippen LogP contribution < -0.4 is 9.64 Å². The van der Waals surface area contributed by atoms with Crippen molar-refractivity contribution in [1.29, 1.82) is 0 Å². The molecule has 8 rings (SSSR count). The van der Waals surface area contributed by atoms with Crippen molar-refractivity contribution in [2.75, 3.05) is 4.90 Å². The van der Waals surface area contributed by atoms with Gasteiger partial charge in [0.15, 0.2) is 0 Å². The first-order valence-electron chi connectivity index (χ1n) is 13.1. The zero-order chi connectivity index (χ0) is 25.8. The van der Waals surface area contributed by atoms with Gasteiger partial charge in [-0.15, -0.1) is 0 Å². The van der Waals surface area contributed by atoms with Crippen molar-refractivity contribution in [1.82, 2.24) is 0 Å². The van der Waals surface area contributed by atoms with Gasteiger partial charge in [-0.05, 0) is 88.0 Å². The number of hydrogen-bond acceptors (Lipinski definition) is 3. The first kappa shape index (κ1) is 22.3. The Balaban J connectivity index is 1.18. The van der Waals surface area contributed by atoms with Crippen molar-refractivity contribution >= 4 is 28.8 Å². The molecular formula is C36H23NOS. The summed E-state index contributed by atoms with van der Waals surface area (Å²) in [6.45, 7) is 0. The molecule has 3 heteroatoms. The molecule has 0 fully saturated rings. The third kappa shape index (κ3) is 3.66. The van der Waals surface area contributed by atoms with Crippen LogP contribution in [0.15, 0.2) is 149 Å². The molecule has 1 heterocycles. The average Bonchev–Trinajstić information content (AvgIpc) is 3.00. The Morgan fingerprint density at radius 3 is 1.90 bits per heavy atom. The molecule has 0 radical (unpaired) electrons. The number of rotatable bonds is 4. The second kappa shape index (κ2) is 8.93. The molecule has 1 aliphatic heterocycles. The van der Waals surface area contributed by atoms with Crippen molar-refractivity contribution in [3.05, 3.63) is 140 Å². The fourth-order valence-corrected chi connectivity index (χ4v) is 6.69. The number of fused-ring (bicyclic) bond motifs is 6. The molecule has 1 aliphatic carbocycles. The van der Waals surface area contributed by atoms with E-state index in [1.54, 1.807) is 11.8 Å². The van der Waals surface area contributed by atoms with Crippen LogP contribution in [0.1, 0.15) is 0 Å². The van der Waals surface area contributed by atoms with E-state index in [2.05, 4.69) is 132 Å². The Hall–Kier alpha value is -4.73. The fraction of sp³-hybridized carbons (Fsp3) is 0. The molecule has 0 saturated carbocycles. The van der Waals surface area contributed by atoms with E-state index in [1.165, 1.54) is 33.4 Å². The van der Waals surface area contributed by atoms with Gasteiger partial charge in [-0.1, -0.05) is 96.7 Å². The normalized spacial score (nSPS) is 12.2. The molecule has 0 spiro atoms. The first-order valence-corrected chi connectivity index (χ1v) is 13.9. The lowest BCUT2D eigenvalue weighted by atomic mass is 9.80. The van der Waals surface area contributed by atoms with E-state index in [1.807, 2.05) is 12.1 Å². The lowest BCUT2D eigenvalue weighted by molar-refractivity contribution is 0.455. The summed E-state index contributed by atoms with van der Waals surface area (Å²) < 4.78 is 6.24. The first-order chi connectivity index (χ1) is 19.3. The molecule has 0 atom stereocenters. The lowest BCUT2D eigenvalue weighted by Gasteiger charge is -2.30. The molecule has 2 nitrogen and oxygen atoms in total.